The summed E-state index contributed by atoms with van der Waals surface area (Å²) in [5.41, 5.74) is 3.00. The van der Waals surface area contributed by atoms with Gasteiger partial charge >= 0.3 is 0 Å². The van der Waals surface area contributed by atoms with Crippen LogP contribution in [0, 0.1) is 35.3 Å². The first kappa shape index (κ1) is 21.3. The Hall–Kier alpha value is -1.96. The van der Waals surface area contributed by atoms with Crippen LogP contribution in [0.25, 0.3) is 11.1 Å². The number of hydrogen-bond donors (Lipinski definition) is 0. The zero-order chi connectivity index (χ0) is 20.9. The summed E-state index contributed by atoms with van der Waals surface area (Å²) in [6.45, 7) is 3.98. The lowest BCUT2D eigenvalue weighted by atomic mass is 9.68. The van der Waals surface area contributed by atoms with Crippen molar-refractivity contribution in [3.63, 3.8) is 0 Å². The second-order valence-corrected chi connectivity index (χ2v) is 9.56. The van der Waals surface area contributed by atoms with E-state index in [-0.39, 0.29) is 0 Å². The summed E-state index contributed by atoms with van der Waals surface area (Å²) in [6, 6.07) is 12.4. The molecule has 0 N–H and O–H groups in total. The van der Waals surface area contributed by atoms with E-state index in [1.54, 1.807) is 6.07 Å². The molecule has 0 amide bonds. The first-order chi connectivity index (χ1) is 14.6. The van der Waals surface area contributed by atoms with Gasteiger partial charge < -0.3 is 0 Å². The van der Waals surface area contributed by atoms with Crippen LogP contribution in [0.15, 0.2) is 55.1 Å². The highest BCUT2D eigenvalue weighted by molar-refractivity contribution is 5.63. The summed E-state index contributed by atoms with van der Waals surface area (Å²) in [5, 5.41) is 0. The maximum Gasteiger partial charge on any atom is 0.159 e. The topological polar surface area (TPSA) is 0 Å². The molecule has 0 bridgehead atoms. The number of hydrogen-bond acceptors (Lipinski definition) is 0. The highest BCUT2D eigenvalue weighted by Crippen LogP contribution is 2.42. The SMILES string of the molecule is C=C[C@H]1CC[C@H](C2CCC(CCc3ccc(-c4ccc(F)c(F)c4)cc3)CC2)CC1. The van der Waals surface area contributed by atoms with Crippen LogP contribution in [-0.4, -0.2) is 0 Å². The number of rotatable bonds is 6. The molecule has 4 rings (SSSR count). The van der Waals surface area contributed by atoms with E-state index in [2.05, 4.69) is 24.8 Å². The van der Waals surface area contributed by atoms with E-state index in [4.69, 9.17) is 0 Å². The Kier molecular flexibility index (Phi) is 7.02. The molecule has 0 atom stereocenters. The predicted molar refractivity (Wildman–Crippen MR) is 121 cm³/mol. The normalized spacial score (nSPS) is 27.0. The molecule has 2 fully saturated rings. The fourth-order valence-electron chi connectivity index (χ4n) is 5.71. The van der Waals surface area contributed by atoms with E-state index < -0.39 is 11.6 Å². The first-order valence-corrected chi connectivity index (χ1v) is 11.8. The Morgan fingerprint density at radius 2 is 1.33 bits per heavy atom. The van der Waals surface area contributed by atoms with E-state index >= 15 is 0 Å². The van der Waals surface area contributed by atoms with Crippen LogP contribution < -0.4 is 0 Å². The van der Waals surface area contributed by atoms with Gasteiger partial charge in [-0.2, -0.15) is 0 Å². The minimum Gasteiger partial charge on any atom is -0.204 e. The van der Waals surface area contributed by atoms with Crippen molar-refractivity contribution in [2.45, 2.75) is 64.2 Å². The molecule has 0 spiro atoms. The molecule has 2 aromatic rings. The molecular weight excluding hydrogens is 374 g/mol. The van der Waals surface area contributed by atoms with Crippen LogP contribution in [0.1, 0.15) is 63.4 Å². The molecule has 0 unspecified atom stereocenters. The largest absolute Gasteiger partial charge is 0.204 e. The Bertz CT molecular complexity index is 822. The van der Waals surface area contributed by atoms with Crippen LogP contribution in [0.2, 0.25) is 0 Å². The zero-order valence-corrected chi connectivity index (χ0v) is 18.0. The second-order valence-electron chi connectivity index (χ2n) is 9.56. The lowest BCUT2D eigenvalue weighted by Gasteiger charge is -2.37. The summed E-state index contributed by atoms with van der Waals surface area (Å²) >= 11 is 0. The molecule has 30 heavy (non-hydrogen) atoms. The van der Waals surface area contributed by atoms with Gasteiger partial charge in [-0.3, -0.25) is 0 Å². The maximum atomic E-state index is 13.5. The van der Waals surface area contributed by atoms with Crippen molar-refractivity contribution in [1.82, 2.24) is 0 Å². The van der Waals surface area contributed by atoms with Crippen molar-refractivity contribution in [2.75, 3.05) is 0 Å². The molecule has 0 nitrogen and oxygen atoms in total. The third kappa shape index (κ3) is 5.20. The Labute approximate surface area is 180 Å². The molecule has 2 aliphatic carbocycles. The molecule has 160 valence electrons. The second kappa shape index (κ2) is 9.90. The van der Waals surface area contributed by atoms with Crippen LogP contribution in [0.3, 0.4) is 0 Å². The first-order valence-electron chi connectivity index (χ1n) is 11.8. The van der Waals surface area contributed by atoms with E-state index in [0.29, 0.717) is 0 Å². The Morgan fingerprint density at radius 3 is 1.93 bits per heavy atom. The molecule has 0 saturated heterocycles. The smallest absolute Gasteiger partial charge is 0.159 e. The standard InChI is InChI=1S/C28H34F2/c1-2-20-5-11-23(12-6-20)24-13-7-21(8-14-24)3-4-22-9-15-25(16-10-22)26-17-18-27(29)28(30)19-26/h2,9-10,15-21,23-24H,1,3-8,11-14H2/t20-,21?,23-,24?. The molecule has 2 saturated carbocycles. The van der Waals surface area contributed by atoms with Gasteiger partial charge in [-0.05, 0) is 104 Å². The molecule has 2 heteroatoms. The maximum absolute atomic E-state index is 13.5. The average Bonchev–Trinajstić information content (AvgIpc) is 2.80. The fraction of sp³-hybridized carbons (Fsp3) is 0.500. The fourth-order valence-corrected chi connectivity index (χ4v) is 5.71. The molecule has 2 aliphatic rings. The van der Waals surface area contributed by atoms with Crippen LogP contribution in [-0.2, 0) is 6.42 Å². The summed E-state index contributed by atoms with van der Waals surface area (Å²) in [5.74, 6) is 1.96. The highest BCUT2D eigenvalue weighted by Gasteiger charge is 2.30. The van der Waals surface area contributed by atoms with E-state index in [1.165, 1.54) is 75.5 Å². The quantitative estimate of drug-likeness (QED) is 0.421. The number of halogens is 2. The Balaban J connectivity index is 1.23. The van der Waals surface area contributed by atoms with Gasteiger partial charge in [-0.25, -0.2) is 8.78 Å². The van der Waals surface area contributed by atoms with Gasteiger partial charge in [0.05, 0.1) is 0 Å². The zero-order valence-electron chi connectivity index (χ0n) is 18.0. The lowest BCUT2D eigenvalue weighted by molar-refractivity contribution is 0.153. The van der Waals surface area contributed by atoms with Gasteiger partial charge in [0, 0.05) is 0 Å². The third-order valence-electron chi connectivity index (χ3n) is 7.76. The third-order valence-corrected chi connectivity index (χ3v) is 7.76. The minimum atomic E-state index is -0.797. The Morgan fingerprint density at radius 1 is 0.733 bits per heavy atom. The molecule has 0 radical (unpaired) electrons. The van der Waals surface area contributed by atoms with Crippen molar-refractivity contribution in [1.29, 1.82) is 0 Å². The number of allylic oxidation sites excluding steroid dienone is 1. The van der Waals surface area contributed by atoms with E-state index in [1.807, 2.05) is 12.1 Å². The number of aryl methyl sites for hydroxylation is 1. The van der Waals surface area contributed by atoms with Gasteiger partial charge in [0.2, 0.25) is 0 Å². The summed E-state index contributed by atoms with van der Waals surface area (Å²) in [6.07, 6.45) is 15.7. The number of benzene rings is 2. The highest BCUT2D eigenvalue weighted by atomic mass is 19.2. The van der Waals surface area contributed by atoms with Gasteiger partial charge in [-0.1, -0.05) is 49.2 Å². The van der Waals surface area contributed by atoms with E-state index in [0.717, 1.165) is 41.2 Å². The predicted octanol–water partition coefficient (Wildman–Crippen LogP) is 8.36. The minimum absolute atomic E-state index is 0.723. The van der Waals surface area contributed by atoms with Crippen molar-refractivity contribution < 1.29 is 8.78 Å². The average molecular weight is 409 g/mol. The van der Waals surface area contributed by atoms with Gasteiger partial charge in [0.25, 0.3) is 0 Å². The summed E-state index contributed by atoms with van der Waals surface area (Å²) < 4.78 is 26.6. The molecule has 0 aromatic heterocycles. The van der Waals surface area contributed by atoms with Crippen LogP contribution in [0.4, 0.5) is 8.78 Å². The lowest BCUT2D eigenvalue weighted by Crippen LogP contribution is -2.25. The van der Waals surface area contributed by atoms with Crippen molar-refractivity contribution >= 4 is 0 Å². The molecular formula is C28H34F2. The van der Waals surface area contributed by atoms with Gasteiger partial charge in [0.1, 0.15) is 0 Å². The monoisotopic (exact) mass is 408 g/mol. The van der Waals surface area contributed by atoms with Gasteiger partial charge in [0.15, 0.2) is 11.6 Å². The summed E-state index contributed by atoms with van der Waals surface area (Å²) in [7, 11) is 0. The van der Waals surface area contributed by atoms with Crippen molar-refractivity contribution in [3.05, 3.63) is 72.3 Å². The molecule has 2 aromatic carbocycles. The van der Waals surface area contributed by atoms with Crippen LogP contribution >= 0.6 is 0 Å². The van der Waals surface area contributed by atoms with Crippen molar-refractivity contribution in [2.24, 2.45) is 23.7 Å². The van der Waals surface area contributed by atoms with Crippen molar-refractivity contribution in [3.8, 4) is 11.1 Å². The molecule has 0 heterocycles. The van der Waals surface area contributed by atoms with E-state index in [9.17, 15) is 8.78 Å². The summed E-state index contributed by atoms with van der Waals surface area (Å²) in [4.78, 5) is 0. The molecule has 0 aliphatic heterocycles. The van der Waals surface area contributed by atoms with Crippen LogP contribution in [0.5, 0.6) is 0 Å². The van der Waals surface area contributed by atoms with Gasteiger partial charge in [-0.15, -0.1) is 6.58 Å².